The Labute approximate surface area is 55.4 Å². The summed E-state index contributed by atoms with van der Waals surface area (Å²) in [5.41, 5.74) is 0.0938. The quantitative estimate of drug-likeness (QED) is 0.464. The third kappa shape index (κ3) is 1.45. The van der Waals surface area contributed by atoms with Gasteiger partial charge in [-0.2, -0.15) is 4.89 Å². The molecule has 0 bridgehead atoms. The van der Waals surface area contributed by atoms with Crippen LogP contribution in [0.1, 0.15) is 20.8 Å². The molecule has 0 fully saturated rings. The smallest absolute Gasteiger partial charge is 0.146 e. The van der Waals surface area contributed by atoms with Crippen LogP contribution < -0.4 is 0 Å². The first-order valence-electron chi connectivity index (χ1n) is 3.11. The van der Waals surface area contributed by atoms with Crippen molar-refractivity contribution < 1.29 is 9.78 Å². The Hall–Kier alpha value is -0.500. The van der Waals surface area contributed by atoms with Crippen LogP contribution in [0.15, 0.2) is 11.8 Å². The maximum atomic E-state index is 4.88. The van der Waals surface area contributed by atoms with Crippen LogP contribution in [0.4, 0.5) is 0 Å². The van der Waals surface area contributed by atoms with Crippen LogP contribution in [0.3, 0.4) is 0 Å². The van der Waals surface area contributed by atoms with E-state index in [0.717, 1.165) is 5.76 Å². The minimum Gasteiger partial charge on any atom is -0.341 e. The van der Waals surface area contributed by atoms with Gasteiger partial charge in [0.15, 0.2) is 0 Å². The van der Waals surface area contributed by atoms with Gasteiger partial charge in [-0.1, -0.05) is 20.8 Å². The molecule has 0 saturated carbocycles. The lowest BCUT2D eigenvalue weighted by atomic mass is 9.94. The maximum Gasteiger partial charge on any atom is 0.146 e. The van der Waals surface area contributed by atoms with Gasteiger partial charge in [-0.3, -0.25) is 0 Å². The summed E-state index contributed by atoms with van der Waals surface area (Å²) in [6.07, 6.45) is 1.96. The predicted molar refractivity (Wildman–Crippen MR) is 34.6 cm³/mol. The zero-order valence-electron chi connectivity index (χ0n) is 6.10. The van der Waals surface area contributed by atoms with E-state index in [1.54, 1.807) is 0 Å². The highest BCUT2D eigenvalue weighted by atomic mass is 17.2. The lowest BCUT2D eigenvalue weighted by molar-refractivity contribution is -0.243. The highest BCUT2D eigenvalue weighted by Gasteiger charge is 2.22. The monoisotopic (exact) mass is 128 g/mol. The molecule has 0 aromatic carbocycles. The summed E-state index contributed by atoms with van der Waals surface area (Å²) in [6.45, 7) is 6.86. The van der Waals surface area contributed by atoms with Crippen LogP contribution >= 0.6 is 0 Å². The summed E-state index contributed by atoms with van der Waals surface area (Å²) < 4.78 is 0. The second-order valence-corrected chi connectivity index (χ2v) is 3.19. The minimum atomic E-state index is 0.0938. The van der Waals surface area contributed by atoms with Crippen LogP contribution in [-0.2, 0) is 9.78 Å². The van der Waals surface area contributed by atoms with Crippen LogP contribution in [0, 0.1) is 5.41 Å². The van der Waals surface area contributed by atoms with Crippen molar-refractivity contribution in [3.63, 3.8) is 0 Å². The van der Waals surface area contributed by atoms with Gasteiger partial charge >= 0.3 is 0 Å². The van der Waals surface area contributed by atoms with E-state index in [4.69, 9.17) is 9.78 Å². The van der Waals surface area contributed by atoms with Gasteiger partial charge in [0, 0.05) is 5.41 Å². The molecule has 0 amide bonds. The number of hydrogen-bond donors (Lipinski definition) is 0. The molecule has 0 N–H and O–H groups in total. The van der Waals surface area contributed by atoms with Crippen LogP contribution in [0.25, 0.3) is 0 Å². The molecular formula is C7H12O2. The van der Waals surface area contributed by atoms with Crippen molar-refractivity contribution in [2.24, 2.45) is 5.41 Å². The molecule has 9 heavy (non-hydrogen) atoms. The fourth-order valence-corrected chi connectivity index (χ4v) is 0.672. The summed E-state index contributed by atoms with van der Waals surface area (Å²) in [4.78, 5) is 9.57. The fraction of sp³-hybridized carbons (Fsp3) is 0.714. The molecule has 2 heteroatoms. The van der Waals surface area contributed by atoms with Gasteiger partial charge < -0.3 is 4.89 Å². The number of rotatable bonds is 0. The summed E-state index contributed by atoms with van der Waals surface area (Å²) in [5, 5.41) is 0. The molecule has 0 aromatic rings. The number of allylic oxidation sites excluding steroid dienone is 1. The lowest BCUT2D eigenvalue weighted by Crippen LogP contribution is -2.08. The van der Waals surface area contributed by atoms with E-state index >= 15 is 0 Å². The van der Waals surface area contributed by atoms with Crippen molar-refractivity contribution in [3.8, 4) is 0 Å². The molecule has 1 heterocycles. The van der Waals surface area contributed by atoms with Crippen LogP contribution in [-0.4, -0.2) is 6.61 Å². The van der Waals surface area contributed by atoms with Gasteiger partial charge in [-0.25, -0.2) is 0 Å². The average Bonchev–Trinajstić information content (AvgIpc) is 2.08. The SMILES string of the molecule is CC(C)(C)C1=CCOO1. The Morgan fingerprint density at radius 1 is 1.44 bits per heavy atom. The zero-order valence-corrected chi connectivity index (χ0v) is 6.10. The topological polar surface area (TPSA) is 18.5 Å². The summed E-state index contributed by atoms with van der Waals surface area (Å²) in [5.74, 6) is 0.933. The Morgan fingerprint density at radius 2 is 2.11 bits per heavy atom. The predicted octanol–water partition coefficient (Wildman–Crippen LogP) is 1.88. The summed E-state index contributed by atoms with van der Waals surface area (Å²) in [7, 11) is 0. The first kappa shape index (κ1) is 6.62. The molecule has 1 aliphatic rings. The summed E-state index contributed by atoms with van der Waals surface area (Å²) >= 11 is 0. The molecule has 1 aliphatic heterocycles. The van der Waals surface area contributed by atoms with Gasteiger partial charge in [0.1, 0.15) is 12.4 Å². The van der Waals surface area contributed by atoms with Crippen molar-refractivity contribution in [1.29, 1.82) is 0 Å². The molecule has 2 nitrogen and oxygen atoms in total. The molecule has 0 spiro atoms. The average molecular weight is 128 g/mol. The second kappa shape index (κ2) is 2.03. The molecule has 0 radical (unpaired) electrons. The fourth-order valence-electron chi connectivity index (χ4n) is 0.672. The number of hydrogen-bond acceptors (Lipinski definition) is 2. The Balaban J connectivity index is 2.61. The van der Waals surface area contributed by atoms with Crippen molar-refractivity contribution in [2.75, 3.05) is 6.61 Å². The second-order valence-electron chi connectivity index (χ2n) is 3.19. The zero-order chi connectivity index (χ0) is 6.91. The molecule has 0 aliphatic carbocycles. The van der Waals surface area contributed by atoms with E-state index in [0.29, 0.717) is 6.61 Å². The Bertz CT molecular complexity index is 130. The highest BCUT2D eigenvalue weighted by Crippen LogP contribution is 2.28. The highest BCUT2D eigenvalue weighted by molar-refractivity contribution is 5.04. The third-order valence-corrected chi connectivity index (χ3v) is 1.22. The molecule has 0 atom stereocenters. The molecular weight excluding hydrogens is 116 g/mol. The van der Waals surface area contributed by atoms with Gasteiger partial charge in [-0.05, 0) is 6.08 Å². The largest absolute Gasteiger partial charge is 0.341 e. The van der Waals surface area contributed by atoms with E-state index in [1.807, 2.05) is 6.08 Å². The van der Waals surface area contributed by atoms with Gasteiger partial charge in [0.25, 0.3) is 0 Å². The van der Waals surface area contributed by atoms with E-state index in [9.17, 15) is 0 Å². The van der Waals surface area contributed by atoms with Crippen molar-refractivity contribution in [3.05, 3.63) is 11.8 Å². The van der Waals surface area contributed by atoms with Gasteiger partial charge in [-0.15, -0.1) is 0 Å². The van der Waals surface area contributed by atoms with Crippen molar-refractivity contribution in [2.45, 2.75) is 20.8 Å². The lowest BCUT2D eigenvalue weighted by Gasteiger charge is -2.16. The first-order chi connectivity index (χ1) is 4.11. The molecule has 52 valence electrons. The molecule has 0 saturated heterocycles. The van der Waals surface area contributed by atoms with Crippen molar-refractivity contribution >= 4 is 0 Å². The molecule has 0 unspecified atom stereocenters. The maximum absolute atomic E-state index is 4.88. The molecule has 0 aromatic heterocycles. The van der Waals surface area contributed by atoms with E-state index in [2.05, 4.69) is 20.8 Å². The normalized spacial score (nSPS) is 19.2. The van der Waals surface area contributed by atoms with Gasteiger partial charge in [0.2, 0.25) is 0 Å². The molecule has 1 rings (SSSR count). The van der Waals surface area contributed by atoms with Gasteiger partial charge in [0.05, 0.1) is 0 Å². The Morgan fingerprint density at radius 3 is 2.33 bits per heavy atom. The van der Waals surface area contributed by atoms with E-state index in [1.165, 1.54) is 0 Å². The van der Waals surface area contributed by atoms with Crippen LogP contribution in [0.5, 0.6) is 0 Å². The van der Waals surface area contributed by atoms with E-state index in [-0.39, 0.29) is 5.41 Å². The first-order valence-corrected chi connectivity index (χ1v) is 3.11. The Kier molecular flexibility index (Phi) is 1.49. The minimum absolute atomic E-state index is 0.0938. The van der Waals surface area contributed by atoms with E-state index < -0.39 is 0 Å². The standard InChI is InChI=1S/C7H12O2/c1-7(2,3)6-4-5-8-9-6/h4H,5H2,1-3H3. The van der Waals surface area contributed by atoms with Crippen molar-refractivity contribution in [1.82, 2.24) is 0 Å². The third-order valence-electron chi connectivity index (χ3n) is 1.22. The summed E-state index contributed by atoms with van der Waals surface area (Å²) in [6, 6.07) is 0. The van der Waals surface area contributed by atoms with Crippen LogP contribution in [0.2, 0.25) is 0 Å².